The summed E-state index contributed by atoms with van der Waals surface area (Å²) in [7, 11) is -0.850. The Morgan fingerprint density at radius 2 is 2.20 bits per heavy atom. The van der Waals surface area contributed by atoms with Crippen LogP contribution in [-0.4, -0.2) is 32.5 Å². The van der Waals surface area contributed by atoms with Crippen molar-refractivity contribution >= 4 is 28.4 Å². The molecule has 3 atom stereocenters. The monoisotopic (exact) mass is 251 g/mol. The van der Waals surface area contributed by atoms with Gasteiger partial charge in [-0.05, 0) is 13.8 Å². The van der Waals surface area contributed by atoms with E-state index in [0.717, 1.165) is 0 Å². The molecule has 1 aromatic heterocycles. The normalized spacial score (nSPS) is 17.1. The van der Waals surface area contributed by atoms with Crippen LogP contribution in [0.15, 0.2) is 4.42 Å². The van der Waals surface area contributed by atoms with Gasteiger partial charge in [0.25, 0.3) is 0 Å². The highest BCUT2D eigenvalue weighted by atomic mass is 35.5. The summed E-state index contributed by atoms with van der Waals surface area (Å²) in [4.78, 5) is 0. The SMILES string of the molecule is CC(CS(C)=O)Nc1nnc(C(C)Cl)o1. The molecule has 0 bridgehead atoms. The van der Waals surface area contributed by atoms with E-state index in [1.807, 2.05) is 6.92 Å². The molecule has 5 nitrogen and oxygen atoms in total. The van der Waals surface area contributed by atoms with Gasteiger partial charge in [0.1, 0.15) is 5.38 Å². The zero-order chi connectivity index (χ0) is 11.4. The number of nitrogens with zero attached hydrogens (tertiary/aromatic N) is 2. The van der Waals surface area contributed by atoms with Crippen LogP contribution in [0.2, 0.25) is 0 Å². The average molecular weight is 252 g/mol. The minimum atomic E-state index is -0.850. The van der Waals surface area contributed by atoms with Crippen molar-refractivity contribution in [3.63, 3.8) is 0 Å². The van der Waals surface area contributed by atoms with Gasteiger partial charge in [0, 0.05) is 28.9 Å². The summed E-state index contributed by atoms with van der Waals surface area (Å²) in [5, 5.41) is 10.2. The second-order valence-electron chi connectivity index (χ2n) is 3.35. The summed E-state index contributed by atoms with van der Waals surface area (Å²) in [6.45, 7) is 3.65. The van der Waals surface area contributed by atoms with Crippen molar-refractivity contribution in [2.45, 2.75) is 25.3 Å². The Bertz CT molecular complexity index is 342. The fraction of sp³-hybridized carbons (Fsp3) is 0.750. The van der Waals surface area contributed by atoms with Crippen molar-refractivity contribution in [1.29, 1.82) is 0 Å². The minimum absolute atomic E-state index is 0.0229. The number of hydrogen-bond donors (Lipinski definition) is 1. The molecule has 7 heteroatoms. The molecule has 0 spiro atoms. The number of nitrogens with one attached hydrogen (secondary N) is 1. The van der Waals surface area contributed by atoms with E-state index in [1.54, 1.807) is 13.2 Å². The molecule has 0 aliphatic rings. The highest BCUT2D eigenvalue weighted by molar-refractivity contribution is 7.84. The first-order valence-corrected chi connectivity index (χ1v) is 6.69. The number of halogens is 1. The van der Waals surface area contributed by atoms with Crippen LogP contribution >= 0.6 is 11.6 Å². The zero-order valence-electron chi connectivity index (χ0n) is 8.86. The maximum absolute atomic E-state index is 10.9. The van der Waals surface area contributed by atoms with E-state index in [0.29, 0.717) is 17.7 Å². The Balaban J connectivity index is 2.53. The zero-order valence-corrected chi connectivity index (χ0v) is 10.4. The Hall–Kier alpha value is -0.620. The minimum Gasteiger partial charge on any atom is -0.406 e. The molecule has 0 aliphatic carbocycles. The fourth-order valence-corrected chi connectivity index (χ4v) is 1.93. The molecular weight excluding hydrogens is 238 g/mol. The van der Waals surface area contributed by atoms with E-state index in [9.17, 15) is 4.21 Å². The van der Waals surface area contributed by atoms with Gasteiger partial charge in [-0.2, -0.15) is 0 Å². The van der Waals surface area contributed by atoms with E-state index in [2.05, 4.69) is 15.5 Å². The molecule has 0 aliphatic heterocycles. The average Bonchev–Trinajstić information content (AvgIpc) is 2.50. The summed E-state index contributed by atoms with van der Waals surface area (Å²) in [5.41, 5.74) is 0. The number of aromatic nitrogens is 2. The van der Waals surface area contributed by atoms with Crippen LogP contribution in [-0.2, 0) is 10.8 Å². The molecule has 15 heavy (non-hydrogen) atoms. The fourth-order valence-electron chi connectivity index (χ4n) is 1.06. The molecule has 0 amide bonds. The third-order valence-electron chi connectivity index (χ3n) is 1.64. The lowest BCUT2D eigenvalue weighted by atomic mass is 10.4. The number of hydrogen-bond acceptors (Lipinski definition) is 5. The molecule has 0 radical (unpaired) electrons. The maximum Gasteiger partial charge on any atom is 0.315 e. The van der Waals surface area contributed by atoms with Crippen LogP contribution in [0.3, 0.4) is 0 Å². The number of rotatable bonds is 5. The molecule has 0 fully saturated rings. The summed E-state index contributed by atoms with van der Waals surface area (Å²) < 4.78 is 16.2. The highest BCUT2D eigenvalue weighted by Gasteiger charge is 2.13. The third kappa shape index (κ3) is 4.17. The van der Waals surface area contributed by atoms with Crippen LogP contribution in [0.25, 0.3) is 0 Å². The Morgan fingerprint density at radius 3 is 2.67 bits per heavy atom. The Labute approximate surface area is 96.1 Å². The van der Waals surface area contributed by atoms with E-state index in [4.69, 9.17) is 16.0 Å². The van der Waals surface area contributed by atoms with Gasteiger partial charge in [-0.15, -0.1) is 16.7 Å². The lowest BCUT2D eigenvalue weighted by Crippen LogP contribution is -2.22. The van der Waals surface area contributed by atoms with Gasteiger partial charge in [0.05, 0.1) is 0 Å². The lowest BCUT2D eigenvalue weighted by molar-refractivity contribution is 0.502. The first kappa shape index (κ1) is 12.4. The van der Waals surface area contributed by atoms with Crippen LogP contribution in [0, 0.1) is 0 Å². The van der Waals surface area contributed by atoms with Crippen molar-refractivity contribution in [3.05, 3.63) is 5.89 Å². The van der Waals surface area contributed by atoms with E-state index < -0.39 is 10.8 Å². The molecule has 0 saturated carbocycles. The Kier molecular flexibility index (Phi) is 4.53. The van der Waals surface area contributed by atoms with Crippen LogP contribution in [0.1, 0.15) is 25.1 Å². The van der Waals surface area contributed by atoms with E-state index in [-0.39, 0.29) is 11.4 Å². The van der Waals surface area contributed by atoms with Crippen molar-refractivity contribution < 1.29 is 8.63 Å². The third-order valence-corrected chi connectivity index (χ3v) is 2.79. The van der Waals surface area contributed by atoms with Gasteiger partial charge >= 0.3 is 6.01 Å². The summed E-state index contributed by atoms with van der Waals surface area (Å²) in [5.74, 6) is 0.915. The molecule has 1 aromatic rings. The topological polar surface area (TPSA) is 68.0 Å². The molecule has 3 unspecified atom stereocenters. The Morgan fingerprint density at radius 1 is 1.53 bits per heavy atom. The van der Waals surface area contributed by atoms with Crippen molar-refractivity contribution in [3.8, 4) is 0 Å². The van der Waals surface area contributed by atoms with Crippen LogP contribution < -0.4 is 5.32 Å². The number of alkyl halides is 1. The standard InChI is InChI=1S/C8H14ClN3O2S/c1-5(4-15(3)13)10-8-12-11-7(14-8)6(2)9/h5-6H,4H2,1-3H3,(H,10,12). The second-order valence-corrected chi connectivity index (χ2v) is 5.48. The molecule has 86 valence electrons. The van der Waals surface area contributed by atoms with E-state index >= 15 is 0 Å². The van der Waals surface area contributed by atoms with Gasteiger partial charge in [0.2, 0.25) is 5.89 Å². The lowest BCUT2D eigenvalue weighted by Gasteiger charge is -2.08. The highest BCUT2D eigenvalue weighted by Crippen LogP contribution is 2.19. The summed E-state index contributed by atoms with van der Waals surface area (Å²) >= 11 is 5.76. The van der Waals surface area contributed by atoms with Crippen molar-refractivity contribution in [2.75, 3.05) is 17.3 Å². The quantitative estimate of drug-likeness (QED) is 0.805. The molecule has 0 aromatic carbocycles. The van der Waals surface area contributed by atoms with Gasteiger partial charge in [-0.25, -0.2) is 0 Å². The van der Waals surface area contributed by atoms with E-state index in [1.165, 1.54) is 0 Å². The van der Waals surface area contributed by atoms with Crippen molar-refractivity contribution in [2.24, 2.45) is 0 Å². The predicted octanol–water partition coefficient (Wildman–Crippen LogP) is 1.55. The van der Waals surface area contributed by atoms with Crippen LogP contribution in [0.4, 0.5) is 6.01 Å². The smallest absolute Gasteiger partial charge is 0.315 e. The predicted molar refractivity (Wildman–Crippen MR) is 60.6 cm³/mol. The first-order chi connectivity index (χ1) is 6.99. The van der Waals surface area contributed by atoms with Gasteiger partial charge in [0.15, 0.2) is 0 Å². The van der Waals surface area contributed by atoms with Gasteiger partial charge < -0.3 is 9.73 Å². The summed E-state index contributed by atoms with van der Waals surface area (Å²) in [6, 6.07) is 0.338. The molecular formula is C8H14ClN3O2S. The van der Waals surface area contributed by atoms with Gasteiger partial charge in [-0.3, -0.25) is 4.21 Å². The van der Waals surface area contributed by atoms with Crippen LogP contribution in [0.5, 0.6) is 0 Å². The first-order valence-electron chi connectivity index (χ1n) is 4.53. The molecule has 1 rings (SSSR count). The second kappa shape index (κ2) is 5.46. The molecule has 1 N–H and O–H groups in total. The summed E-state index contributed by atoms with van der Waals surface area (Å²) in [6.07, 6.45) is 1.65. The molecule has 1 heterocycles. The maximum atomic E-state index is 10.9. The van der Waals surface area contributed by atoms with Gasteiger partial charge in [-0.1, -0.05) is 5.10 Å². The van der Waals surface area contributed by atoms with Crippen molar-refractivity contribution in [1.82, 2.24) is 10.2 Å². The number of anilines is 1. The molecule has 0 saturated heterocycles. The largest absolute Gasteiger partial charge is 0.406 e.